The highest BCUT2D eigenvalue weighted by molar-refractivity contribution is 5.29. The highest BCUT2D eigenvalue weighted by Gasteiger charge is 2.31. The van der Waals surface area contributed by atoms with E-state index in [1.807, 2.05) is 0 Å². The SMILES string of the molecule is Cc1nn(C(C)C)c(C)c1[C@@H]1CO1. The molecule has 0 aromatic carbocycles. The largest absolute Gasteiger partial charge is 0.368 e. The van der Waals surface area contributed by atoms with Crippen LogP contribution in [0.1, 0.15) is 42.9 Å². The Morgan fingerprint density at radius 3 is 2.46 bits per heavy atom. The highest BCUT2D eigenvalue weighted by Crippen LogP contribution is 2.34. The van der Waals surface area contributed by atoms with Crippen molar-refractivity contribution < 1.29 is 4.74 Å². The summed E-state index contributed by atoms with van der Waals surface area (Å²) in [6.45, 7) is 9.35. The van der Waals surface area contributed by atoms with E-state index in [2.05, 4.69) is 37.5 Å². The second-order valence-corrected chi connectivity index (χ2v) is 3.94. The average molecular weight is 180 g/mol. The van der Waals surface area contributed by atoms with E-state index < -0.39 is 0 Å². The van der Waals surface area contributed by atoms with Gasteiger partial charge < -0.3 is 4.74 Å². The molecule has 1 fully saturated rings. The number of rotatable bonds is 2. The summed E-state index contributed by atoms with van der Waals surface area (Å²) < 4.78 is 7.37. The van der Waals surface area contributed by atoms with Crippen molar-refractivity contribution in [2.75, 3.05) is 6.61 Å². The van der Waals surface area contributed by atoms with Gasteiger partial charge in [0, 0.05) is 17.3 Å². The van der Waals surface area contributed by atoms with Crippen molar-refractivity contribution >= 4 is 0 Å². The van der Waals surface area contributed by atoms with E-state index in [0.29, 0.717) is 12.1 Å². The fraction of sp³-hybridized carbons (Fsp3) is 0.700. The molecule has 1 saturated heterocycles. The molecule has 1 aromatic rings. The Hall–Kier alpha value is -0.830. The Morgan fingerprint density at radius 2 is 2.08 bits per heavy atom. The smallest absolute Gasteiger partial charge is 0.110 e. The molecule has 2 rings (SSSR count). The van der Waals surface area contributed by atoms with Gasteiger partial charge in [0.25, 0.3) is 0 Å². The quantitative estimate of drug-likeness (QED) is 0.653. The topological polar surface area (TPSA) is 30.4 Å². The molecule has 0 aliphatic carbocycles. The fourth-order valence-corrected chi connectivity index (χ4v) is 1.86. The number of aromatic nitrogens is 2. The van der Waals surface area contributed by atoms with E-state index in [1.54, 1.807) is 0 Å². The Labute approximate surface area is 78.7 Å². The summed E-state index contributed by atoms with van der Waals surface area (Å²) in [5, 5.41) is 4.51. The van der Waals surface area contributed by atoms with Crippen LogP contribution in [0.3, 0.4) is 0 Å². The highest BCUT2D eigenvalue weighted by atomic mass is 16.6. The normalized spacial score (nSPS) is 21.2. The van der Waals surface area contributed by atoms with E-state index in [-0.39, 0.29) is 0 Å². The van der Waals surface area contributed by atoms with Gasteiger partial charge in [-0.3, -0.25) is 4.68 Å². The molecule has 2 heterocycles. The zero-order chi connectivity index (χ0) is 9.59. The molecule has 13 heavy (non-hydrogen) atoms. The van der Waals surface area contributed by atoms with Crippen molar-refractivity contribution in [3.05, 3.63) is 17.0 Å². The number of nitrogens with zero attached hydrogens (tertiary/aromatic N) is 2. The first-order valence-electron chi connectivity index (χ1n) is 4.78. The zero-order valence-corrected chi connectivity index (χ0v) is 8.66. The van der Waals surface area contributed by atoms with E-state index in [9.17, 15) is 0 Å². The van der Waals surface area contributed by atoms with Crippen LogP contribution in [0.5, 0.6) is 0 Å². The van der Waals surface area contributed by atoms with E-state index in [1.165, 1.54) is 11.3 Å². The maximum atomic E-state index is 5.30. The molecular weight excluding hydrogens is 164 g/mol. The first-order chi connectivity index (χ1) is 6.11. The van der Waals surface area contributed by atoms with E-state index in [4.69, 9.17) is 4.74 Å². The second-order valence-electron chi connectivity index (χ2n) is 3.94. The van der Waals surface area contributed by atoms with Gasteiger partial charge in [-0.25, -0.2) is 0 Å². The fourth-order valence-electron chi connectivity index (χ4n) is 1.86. The Bertz CT molecular complexity index is 324. The van der Waals surface area contributed by atoms with Crippen LogP contribution < -0.4 is 0 Å². The molecule has 0 unspecified atom stereocenters. The molecule has 1 aromatic heterocycles. The van der Waals surface area contributed by atoms with Gasteiger partial charge in [-0.1, -0.05) is 0 Å². The summed E-state index contributed by atoms with van der Waals surface area (Å²) in [6, 6.07) is 0.436. The van der Waals surface area contributed by atoms with E-state index in [0.717, 1.165) is 12.3 Å². The van der Waals surface area contributed by atoms with Crippen molar-refractivity contribution in [3.63, 3.8) is 0 Å². The standard InChI is InChI=1S/C10H16N2O/c1-6(2)12-8(4)10(7(3)11-12)9-5-13-9/h6,9H,5H2,1-4H3/t9-/m0/s1. The molecule has 0 radical (unpaired) electrons. The number of hydrogen-bond donors (Lipinski definition) is 0. The Morgan fingerprint density at radius 1 is 1.46 bits per heavy atom. The molecule has 0 bridgehead atoms. The van der Waals surface area contributed by atoms with Crippen LogP contribution in [0.2, 0.25) is 0 Å². The molecule has 3 heteroatoms. The van der Waals surface area contributed by atoms with Crippen LogP contribution in [-0.2, 0) is 4.74 Å². The third kappa shape index (κ3) is 1.37. The van der Waals surface area contributed by atoms with Crippen molar-refractivity contribution in [3.8, 4) is 0 Å². The minimum absolute atomic E-state index is 0.326. The lowest BCUT2D eigenvalue weighted by Crippen LogP contribution is -2.05. The third-order valence-corrected chi connectivity index (χ3v) is 2.53. The van der Waals surface area contributed by atoms with Gasteiger partial charge in [0.05, 0.1) is 12.3 Å². The molecular formula is C10H16N2O. The van der Waals surface area contributed by atoms with Gasteiger partial charge in [-0.05, 0) is 27.7 Å². The first-order valence-corrected chi connectivity index (χ1v) is 4.78. The number of epoxide rings is 1. The molecule has 3 nitrogen and oxygen atoms in total. The lowest BCUT2D eigenvalue weighted by molar-refractivity contribution is 0.413. The molecule has 1 aliphatic rings. The summed E-state index contributed by atoms with van der Waals surface area (Å²) >= 11 is 0. The maximum absolute atomic E-state index is 5.30. The molecule has 1 atom stereocenters. The minimum atomic E-state index is 0.326. The minimum Gasteiger partial charge on any atom is -0.368 e. The van der Waals surface area contributed by atoms with Crippen LogP contribution in [-0.4, -0.2) is 16.4 Å². The molecule has 1 aliphatic heterocycles. The lowest BCUT2D eigenvalue weighted by atomic mass is 10.1. The van der Waals surface area contributed by atoms with Crippen LogP contribution in [0.4, 0.5) is 0 Å². The Balaban J connectivity index is 2.44. The molecule has 0 spiro atoms. The van der Waals surface area contributed by atoms with Crippen molar-refractivity contribution in [2.24, 2.45) is 0 Å². The summed E-state index contributed by atoms with van der Waals surface area (Å²) in [7, 11) is 0. The van der Waals surface area contributed by atoms with Gasteiger partial charge in [-0.15, -0.1) is 0 Å². The van der Waals surface area contributed by atoms with Crippen LogP contribution in [0, 0.1) is 13.8 Å². The van der Waals surface area contributed by atoms with Gasteiger partial charge in [0.15, 0.2) is 0 Å². The number of aryl methyl sites for hydroxylation is 1. The number of hydrogen-bond acceptors (Lipinski definition) is 2. The van der Waals surface area contributed by atoms with Crippen LogP contribution >= 0.6 is 0 Å². The van der Waals surface area contributed by atoms with Gasteiger partial charge in [-0.2, -0.15) is 5.10 Å². The number of ether oxygens (including phenoxy) is 1. The molecule has 0 amide bonds. The average Bonchev–Trinajstić information content (AvgIpc) is 2.80. The monoisotopic (exact) mass is 180 g/mol. The van der Waals surface area contributed by atoms with Gasteiger partial charge >= 0.3 is 0 Å². The zero-order valence-electron chi connectivity index (χ0n) is 8.66. The summed E-state index contributed by atoms with van der Waals surface area (Å²) in [5.74, 6) is 0. The summed E-state index contributed by atoms with van der Waals surface area (Å²) in [5.41, 5.74) is 3.68. The first kappa shape index (κ1) is 8.75. The van der Waals surface area contributed by atoms with Gasteiger partial charge in [0.2, 0.25) is 0 Å². The molecule has 72 valence electrons. The van der Waals surface area contributed by atoms with Crippen molar-refractivity contribution in [2.45, 2.75) is 39.8 Å². The van der Waals surface area contributed by atoms with Gasteiger partial charge in [0.1, 0.15) is 6.10 Å². The summed E-state index contributed by atoms with van der Waals surface area (Å²) in [6.07, 6.45) is 0.326. The second kappa shape index (κ2) is 2.84. The molecule has 0 N–H and O–H groups in total. The summed E-state index contributed by atoms with van der Waals surface area (Å²) in [4.78, 5) is 0. The van der Waals surface area contributed by atoms with Crippen LogP contribution in [0.15, 0.2) is 0 Å². The van der Waals surface area contributed by atoms with Crippen LogP contribution in [0.25, 0.3) is 0 Å². The Kier molecular flexibility index (Phi) is 1.91. The van der Waals surface area contributed by atoms with Crippen molar-refractivity contribution in [1.29, 1.82) is 0 Å². The predicted octanol–water partition coefficient (Wildman–Crippen LogP) is 2.15. The third-order valence-electron chi connectivity index (χ3n) is 2.53. The maximum Gasteiger partial charge on any atom is 0.110 e. The van der Waals surface area contributed by atoms with E-state index >= 15 is 0 Å². The molecule has 0 saturated carbocycles. The lowest BCUT2D eigenvalue weighted by Gasteiger charge is -2.07. The van der Waals surface area contributed by atoms with Crippen molar-refractivity contribution in [1.82, 2.24) is 9.78 Å². The predicted molar refractivity (Wildman–Crippen MR) is 50.8 cm³/mol.